The van der Waals surface area contributed by atoms with Crippen LogP contribution in [-0.4, -0.2) is 15.5 Å². The number of halogens is 1. The van der Waals surface area contributed by atoms with Crippen LogP contribution < -0.4 is 10.3 Å². The van der Waals surface area contributed by atoms with Gasteiger partial charge in [0.25, 0.3) is 0 Å². The SMILES string of the molecule is CCOn1cc(-c2cc(C)cc(Cl)c2)c(=O)c(S(=O)c2ccccc2)c1. The fourth-order valence-electron chi connectivity index (χ4n) is 2.65. The number of pyridine rings is 1. The molecule has 4 nitrogen and oxygen atoms in total. The molecule has 0 saturated carbocycles. The molecule has 0 aliphatic heterocycles. The van der Waals surface area contributed by atoms with Gasteiger partial charge in [-0.2, -0.15) is 4.73 Å². The maximum absolute atomic E-state index is 13.1. The highest BCUT2D eigenvalue weighted by Crippen LogP contribution is 2.24. The molecule has 3 aromatic rings. The maximum Gasteiger partial charge on any atom is 0.206 e. The van der Waals surface area contributed by atoms with Crippen molar-refractivity contribution in [3.8, 4) is 11.1 Å². The van der Waals surface area contributed by atoms with E-state index in [-0.39, 0.29) is 10.3 Å². The maximum atomic E-state index is 13.1. The summed E-state index contributed by atoms with van der Waals surface area (Å²) in [5.74, 6) is 0. The Hall–Kier alpha value is -2.37. The molecule has 0 radical (unpaired) electrons. The van der Waals surface area contributed by atoms with Gasteiger partial charge in [0, 0.05) is 9.92 Å². The van der Waals surface area contributed by atoms with Gasteiger partial charge in [-0.1, -0.05) is 35.9 Å². The van der Waals surface area contributed by atoms with E-state index in [1.807, 2.05) is 32.0 Å². The van der Waals surface area contributed by atoms with E-state index < -0.39 is 10.8 Å². The van der Waals surface area contributed by atoms with Crippen LogP contribution in [0.3, 0.4) is 0 Å². The van der Waals surface area contributed by atoms with E-state index in [2.05, 4.69) is 0 Å². The normalized spacial score (nSPS) is 12.0. The van der Waals surface area contributed by atoms with Crippen molar-refractivity contribution in [2.45, 2.75) is 23.6 Å². The number of rotatable bonds is 5. The van der Waals surface area contributed by atoms with Crippen LogP contribution in [0.1, 0.15) is 12.5 Å². The number of benzene rings is 2. The highest BCUT2D eigenvalue weighted by Gasteiger charge is 2.17. The molecule has 0 N–H and O–H groups in total. The van der Waals surface area contributed by atoms with E-state index in [0.29, 0.717) is 27.7 Å². The molecule has 0 amide bonds. The molecule has 134 valence electrons. The molecule has 0 saturated heterocycles. The van der Waals surface area contributed by atoms with E-state index >= 15 is 0 Å². The Morgan fingerprint density at radius 3 is 2.50 bits per heavy atom. The fourth-order valence-corrected chi connectivity index (χ4v) is 4.08. The number of aryl methyl sites for hydroxylation is 1. The van der Waals surface area contributed by atoms with Crippen LogP contribution in [0, 0.1) is 6.92 Å². The van der Waals surface area contributed by atoms with E-state index in [4.69, 9.17) is 16.4 Å². The molecule has 2 aromatic carbocycles. The van der Waals surface area contributed by atoms with E-state index in [1.54, 1.807) is 36.5 Å². The minimum absolute atomic E-state index is 0.166. The van der Waals surface area contributed by atoms with Crippen LogP contribution in [0.15, 0.2) is 75.5 Å². The lowest BCUT2D eigenvalue weighted by atomic mass is 10.1. The third-order valence-corrected chi connectivity index (χ3v) is 5.37. The van der Waals surface area contributed by atoms with Crippen molar-refractivity contribution in [1.29, 1.82) is 0 Å². The molecule has 0 aliphatic rings. The monoisotopic (exact) mass is 387 g/mol. The molecule has 1 atom stereocenters. The summed E-state index contributed by atoms with van der Waals surface area (Å²) in [4.78, 5) is 19.3. The van der Waals surface area contributed by atoms with Crippen LogP contribution in [0.2, 0.25) is 5.02 Å². The standard InChI is InChI=1S/C20H18ClNO3S/c1-3-25-22-12-18(15-9-14(2)10-16(21)11-15)20(23)19(13-22)26(24)17-7-5-4-6-8-17/h4-13H,3H2,1-2H3. The average molecular weight is 388 g/mol. The van der Waals surface area contributed by atoms with Gasteiger partial charge in [0.15, 0.2) is 0 Å². The highest BCUT2D eigenvalue weighted by atomic mass is 35.5. The van der Waals surface area contributed by atoms with Crippen LogP contribution in [0.4, 0.5) is 0 Å². The van der Waals surface area contributed by atoms with E-state index in [1.165, 1.54) is 10.9 Å². The van der Waals surface area contributed by atoms with Crippen molar-refractivity contribution in [1.82, 2.24) is 4.73 Å². The Kier molecular flexibility index (Phi) is 5.59. The lowest BCUT2D eigenvalue weighted by Gasteiger charge is -2.13. The van der Waals surface area contributed by atoms with E-state index in [0.717, 1.165) is 5.56 Å². The summed E-state index contributed by atoms with van der Waals surface area (Å²) in [5, 5.41) is 0.539. The van der Waals surface area contributed by atoms with Crippen molar-refractivity contribution in [3.05, 3.63) is 81.7 Å². The largest absolute Gasteiger partial charge is 0.415 e. The Bertz CT molecular complexity index is 995. The van der Waals surface area contributed by atoms with Gasteiger partial charge in [0.2, 0.25) is 5.43 Å². The first kappa shape index (κ1) is 18.4. The van der Waals surface area contributed by atoms with Crippen molar-refractivity contribution in [3.63, 3.8) is 0 Å². The molecular weight excluding hydrogens is 370 g/mol. The lowest BCUT2D eigenvalue weighted by molar-refractivity contribution is 0.119. The van der Waals surface area contributed by atoms with Crippen molar-refractivity contribution in [2.24, 2.45) is 0 Å². The van der Waals surface area contributed by atoms with Crippen molar-refractivity contribution in [2.75, 3.05) is 6.61 Å². The number of nitrogens with zero attached hydrogens (tertiary/aromatic N) is 1. The Balaban J connectivity index is 2.21. The molecular formula is C20H18ClNO3S. The van der Waals surface area contributed by atoms with E-state index in [9.17, 15) is 9.00 Å². The van der Waals surface area contributed by atoms with Crippen molar-refractivity contribution < 1.29 is 9.05 Å². The van der Waals surface area contributed by atoms with Gasteiger partial charge in [-0.3, -0.25) is 4.79 Å². The summed E-state index contributed by atoms with van der Waals surface area (Å²) in [6.45, 7) is 4.16. The summed E-state index contributed by atoms with van der Waals surface area (Å²) < 4.78 is 14.4. The minimum Gasteiger partial charge on any atom is -0.415 e. The predicted octanol–water partition coefficient (Wildman–Crippen LogP) is 4.09. The van der Waals surface area contributed by atoms with Crippen LogP contribution in [-0.2, 0) is 10.8 Å². The first-order valence-corrected chi connectivity index (χ1v) is 9.66. The van der Waals surface area contributed by atoms with Gasteiger partial charge in [-0.25, -0.2) is 4.21 Å². The molecule has 0 bridgehead atoms. The Labute approximate surface area is 159 Å². The lowest BCUT2D eigenvalue weighted by Crippen LogP contribution is -2.20. The smallest absolute Gasteiger partial charge is 0.206 e. The molecule has 3 rings (SSSR count). The topological polar surface area (TPSA) is 48.3 Å². The van der Waals surface area contributed by atoms with Gasteiger partial charge in [0.1, 0.15) is 11.5 Å². The van der Waals surface area contributed by atoms with Crippen molar-refractivity contribution >= 4 is 22.4 Å². The second-order valence-electron chi connectivity index (χ2n) is 5.74. The zero-order valence-electron chi connectivity index (χ0n) is 14.4. The molecule has 1 unspecified atom stereocenters. The summed E-state index contributed by atoms with van der Waals surface area (Å²) in [6.07, 6.45) is 3.08. The van der Waals surface area contributed by atoms with Crippen LogP contribution >= 0.6 is 11.6 Å². The number of hydrogen-bond acceptors (Lipinski definition) is 3. The fraction of sp³-hybridized carbons (Fsp3) is 0.150. The van der Waals surface area contributed by atoms with Crippen LogP contribution in [0.5, 0.6) is 0 Å². The second kappa shape index (κ2) is 7.89. The quantitative estimate of drug-likeness (QED) is 0.662. The molecule has 0 spiro atoms. The molecule has 1 aromatic heterocycles. The number of hydrogen-bond donors (Lipinski definition) is 0. The first-order chi connectivity index (χ1) is 12.5. The highest BCUT2D eigenvalue weighted by molar-refractivity contribution is 7.85. The zero-order valence-corrected chi connectivity index (χ0v) is 16.0. The van der Waals surface area contributed by atoms with Gasteiger partial charge in [0.05, 0.1) is 28.8 Å². The average Bonchev–Trinajstić information content (AvgIpc) is 2.62. The zero-order chi connectivity index (χ0) is 18.7. The third kappa shape index (κ3) is 3.89. The molecule has 26 heavy (non-hydrogen) atoms. The predicted molar refractivity (Wildman–Crippen MR) is 104 cm³/mol. The van der Waals surface area contributed by atoms with Gasteiger partial charge in [-0.05, 0) is 49.2 Å². The molecule has 0 aliphatic carbocycles. The van der Waals surface area contributed by atoms with Gasteiger partial charge >= 0.3 is 0 Å². The first-order valence-electron chi connectivity index (χ1n) is 8.13. The summed E-state index contributed by atoms with van der Waals surface area (Å²) >= 11 is 6.15. The Morgan fingerprint density at radius 1 is 1.12 bits per heavy atom. The molecule has 1 heterocycles. The van der Waals surface area contributed by atoms with Gasteiger partial charge < -0.3 is 4.84 Å². The minimum atomic E-state index is -1.61. The second-order valence-corrected chi connectivity index (χ2v) is 7.63. The summed E-state index contributed by atoms with van der Waals surface area (Å²) in [6, 6.07) is 14.3. The van der Waals surface area contributed by atoms with Crippen LogP contribution in [0.25, 0.3) is 11.1 Å². The number of aromatic nitrogens is 1. The molecule has 0 fully saturated rings. The third-order valence-electron chi connectivity index (χ3n) is 3.76. The summed E-state index contributed by atoms with van der Waals surface area (Å²) in [7, 11) is -1.61. The summed E-state index contributed by atoms with van der Waals surface area (Å²) in [5.41, 5.74) is 1.69. The molecule has 6 heteroatoms. The Morgan fingerprint density at radius 2 is 1.85 bits per heavy atom. The van der Waals surface area contributed by atoms with Gasteiger partial charge in [-0.15, -0.1) is 0 Å².